The Morgan fingerprint density at radius 3 is 1.95 bits per heavy atom. The normalized spacial score (nSPS) is 14.7. The van der Waals surface area contributed by atoms with Gasteiger partial charge in [-0.05, 0) is 65.4 Å². The maximum absolute atomic E-state index is 12.9. The maximum atomic E-state index is 12.9. The van der Waals surface area contributed by atoms with Crippen LogP contribution in [0.4, 0.5) is 11.4 Å². The molecular formula is C45H59ClN4O12. The lowest BCUT2D eigenvalue weighted by atomic mass is 9.69. The molecule has 62 heavy (non-hydrogen) atoms. The summed E-state index contributed by atoms with van der Waals surface area (Å²) in [5.41, 5.74) is 4.93. The fraction of sp³-hybridized carbons (Fsp3) is 0.511. The summed E-state index contributed by atoms with van der Waals surface area (Å²) in [6.07, 6.45) is 2.21. The molecule has 0 aromatic heterocycles. The second-order valence-corrected chi connectivity index (χ2v) is 15.7. The summed E-state index contributed by atoms with van der Waals surface area (Å²) >= 11 is 6.26. The van der Waals surface area contributed by atoms with Gasteiger partial charge in [0.1, 0.15) is 18.4 Å². The van der Waals surface area contributed by atoms with Crippen molar-refractivity contribution in [1.82, 2.24) is 10.6 Å². The second kappa shape index (κ2) is 25.2. The molecule has 338 valence electrons. The van der Waals surface area contributed by atoms with E-state index in [1.165, 1.54) is 0 Å². The van der Waals surface area contributed by atoms with Crippen molar-refractivity contribution in [1.29, 1.82) is 0 Å². The number of benzene rings is 2. The molecule has 2 aromatic rings. The quantitative estimate of drug-likeness (QED) is 0.0644. The van der Waals surface area contributed by atoms with Crippen molar-refractivity contribution < 1.29 is 57.5 Å². The van der Waals surface area contributed by atoms with Gasteiger partial charge < -0.3 is 49.5 Å². The number of ether oxygens (including phenoxy) is 6. The smallest absolute Gasteiger partial charge is 0.305 e. The molecule has 1 aliphatic carbocycles. The maximum Gasteiger partial charge on any atom is 0.305 e. The first kappa shape index (κ1) is 49.7. The first-order chi connectivity index (χ1) is 29.7. The van der Waals surface area contributed by atoms with Crippen molar-refractivity contribution in [3.05, 3.63) is 75.8 Å². The number of allylic oxidation sites excluding steroid dienone is 4. The van der Waals surface area contributed by atoms with Crippen LogP contribution in [0.1, 0.15) is 65.0 Å². The van der Waals surface area contributed by atoms with E-state index in [0.29, 0.717) is 75.4 Å². The first-order valence-corrected chi connectivity index (χ1v) is 21.2. The van der Waals surface area contributed by atoms with E-state index in [1.54, 1.807) is 32.1 Å². The Morgan fingerprint density at radius 2 is 1.39 bits per heavy atom. The van der Waals surface area contributed by atoms with Gasteiger partial charge in [0, 0.05) is 23.1 Å². The average Bonchev–Trinajstić information content (AvgIpc) is 3.23. The topological polar surface area (TPSA) is 209 Å². The number of carboxylic acids is 1. The molecule has 17 heteroatoms. The minimum Gasteiger partial charge on any atom is -0.489 e. The molecule has 1 unspecified atom stereocenters. The summed E-state index contributed by atoms with van der Waals surface area (Å²) in [5, 5.41) is 16.8. The van der Waals surface area contributed by atoms with Crippen LogP contribution < -0.4 is 20.7 Å². The van der Waals surface area contributed by atoms with Gasteiger partial charge >= 0.3 is 5.97 Å². The molecule has 0 spiro atoms. The summed E-state index contributed by atoms with van der Waals surface area (Å²) in [6.45, 7) is 12.8. The largest absolute Gasteiger partial charge is 0.489 e. The number of carbonyl (C=O) groups is 5. The van der Waals surface area contributed by atoms with Crippen molar-refractivity contribution >= 4 is 58.2 Å². The van der Waals surface area contributed by atoms with Gasteiger partial charge in [0.2, 0.25) is 23.5 Å². The number of hydrogen-bond donors (Lipinski definition) is 4. The average molecular weight is 883 g/mol. The monoisotopic (exact) mass is 882 g/mol. The van der Waals surface area contributed by atoms with Gasteiger partial charge in [-0.1, -0.05) is 58.4 Å². The molecule has 0 bridgehead atoms. The summed E-state index contributed by atoms with van der Waals surface area (Å²) in [4.78, 5) is 66.3. The van der Waals surface area contributed by atoms with Crippen LogP contribution in [0, 0.1) is 5.92 Å². The number of fused-ring (bicyclic) bond motifs is 2. The molecule has 16 nitrogen and oxygen atoms in total. The zero-order valence-corrected chi connectivity index (χ0v) is 36.9. The van der Waals surface area contributed by atoms with Gasteiger partial charge in [0.15, 0.2) is 0 Å². The van der Waals surface area contributed by atoms with Crippen LogP contribution in [0.3, 0.4) is 0 Å². The Labute approximate surface area is 367 Å². The number of carbonyl (C=O) groups excluding carboxylic acids is 4. The number of carboxylic acid groups (broad SMARTS) is 1. The fourth-order valence-corrected chi connectivity index (χ4v) is 6.90. The lowest BCUT2D eigenvalue weighted by Crippen LogP contribution is -2.51. The molecule has 2 aliphatic rings. The van der Waals surface area contributed by atoms with Gasteiger partial charge in [-0.25, -0.2) is 4.99 Å². The van der Waals surface area contributed by atoms with E-state index in [2.05, 4.69) is 29.8 Å². The van der Waals surface area contributed by atoms with Crippen LogP contribution in [-0.4, -0.2) is 119 Å². The van der Waals surface area contributed by atoms with E-state index < -0.39 is 29.2 Å². The zero-order chi connectivity index (χ0) is 45.1. The van der Waals surface area contributed by atoms with Crippen molar-refractivity contribution in [2.24, 2.45) is 10.9 Å². The number of anilines is 1. The number of hydrogen-bond acceptors (Lipinski definition) is 12. The number of aliphatic carboxylic acids is 1. The highest BCUT2D eigenvalue weighted by atomic mass is 35.5. The highest BCUT2D eigenvalue weighted by Crippen LogP contribution is 2.47. The predicted molar refractivity (Wildman–Crippen MR) is 233 cm³/mol. The van der Waals surface area contributed by atoms with Gasteiger partial charge in [-0.15, -0.1) is 0 Å². The van der Waals surface area contributed by atoms with Crippen molar-refractivity contribution in [3.63, 3.8) is 0 Å². The summed E-state index contributed by atoms with van der Waals surface area (Å²) < 4.78 is 32.9. The Morgan fingerprint density at radius 1 is 0.806 bits per heavy atom. The summed E-state index contributed by atoms with van der Waals surface area (Å²) in [7, 11) is 0. The molecule has 1 atom stereocenters. The Bertz CT molecular complexity index is 1960. The van der Waals surface area contributed by atoms with Crippen molar-refractivity contribution in [2.45, 2.75) is 71.9 Å². The van der Waals surface area contributed by atoms with Gasteiger partial charge in [-0.3, -0.25) is 24.0 Å². The standard InChI is InChI=1S/C45H59ClN4O12/c1-6-33-41-37(26-35(46)43(33)55)49-36-12-11-32(25-34(36)45(41,4)5)62-28-30-7-9-31(10-8-30)48-39(52)27-47-44(56)42(29(2)3)50-38(51)13-15-57-17-19-59-21-23-61-24-22-60-20-18-58-16-14-40(53)54/h7-12,25-26,29,42H,6,13-24,27-28H2,1-5H3,(H,47,56)(H,48,52)(H,50,51)(H,53,54). The number of nitrogens with one attached hydrogen (secondary N) is 3. The van der Waals surface area contributed by atoms with E-state index in [1.807, 2.05) is 37.3 Å². The van der Waals surface area contributed by atoms with Gasteiger partial charge in [0.25, 0.3) is 0 Å². The zero-order valence-electron chi connectivity index (χ0n) is 36.1. The minimum atomic E-state index is -0.903. The molecule has 0 saturated heterocycles. The van der Waals surface area contributed by atoms with Crippen LogP contribution in [0.5, 0.6) is 5.75 Å². The summed E-state index contributed by atoms with van der Waals surface area (Å²) in [5.74, 6) is -1.91. The SMILES string of the molecule is CCC1=C2C(=Nc3ccc(OCc4ccc(NC(=O)CNC(=O)C(NC(=O)CCOCCOCCOCCOCCOCCC(=O)O)C(C)C)cc4)cc3C2(C)C)C=C(Cl)C1=O. The van der Waals surface area contributed by atoms with Crippen molar-refractivity contribution in [2.75, 3.05) is 77.9 Å². The second-order valence-electron chi connectivity index (χ2n) is 15.3. The Balaban J connectivity index is 1.09. The number of Topliss-reactive ketones (excluding diaryl/α,β-unsaturated/α-hetero) is 1. The third-order valence-electron chi connectivity index (χ3n) is 9.93. The molecule has 0 fully saturated rings. The molecule has 0 radical (unpaired) electrons. The third kappa shape index (κ3) is 15.4. The fourth-order valence-electron chi connectivity index (χ4n) is 6.68. The highest BCUT2D eigenvalue weighted by molar-refractivity contribution is 6.49. The number of nitrogens with zero attached hydrogens (tertiary/aromatic N) is 1. The van der Waals surface area contributed by atoms with E-state index >= 15 is 0 Å². The van der Waals surface area contributed by atoms with E-state index in [4.69, 9.17) is 50.1 Å². The number of ketones is 1. The van der Waals surface area contributed by atoms with Crippen molar-refractivity contribution in [3.8, 4) is 5.75 Å². The van der Waals surface area contributed by atoms with E-state index in [-0.39, 0.29) is 68.5 Å². The van der Waals surface area contributed by atoms with Gasteiger partial charge in [0.05, 0.1) is 95.5 Å². The van der Waals surface area contributed by atoms with E-state index in [0.717, 1.165) is 22.4 Å². The molecule has 2 aromatic carbocycles. The molecular weight excluding hydrogens is 824 g/mol. The highest BCUT2D eigenvalue weighted by Gasteiger charge is 2.40. The molecule has 0 saturated carbocycles. The lowest BCUT2D eigenvalue weighted by Gasteiger charge is -2.37. The Hall–Kier alpha value is -4.97. The molecule has 1 aliphatic heterocycles. The molecule has 3 amide bonds. The number of aliphatic imine (C=N–C) groups is 1. The number of halogens is 1. The van der Waals surface area contributed by atoms with Gasteiger partial charge in [-0.2, -0.15) is 0 Å². The molecule has 4 N–H and O–H groups in total. The lowest BCUT2D eigenvalue weighted by molar-refractivity contribution is -0.138. The third-order valence-corrected chi connectivity index (χ3v) is 10.2. The number of amides is 3. The molecule has 4 rings (SSSR count). The molecule has 1 heterocycles. The van der Waals surface area contributed by atoms with Crippen LogP contribution in [0.15, 0.2) is 69.7 Å². The van der Waals surface area contributed by atoms with Crippen LogP contribution in [0.2, 0.25) is 0 Å². The van der Waals surface area contributed by atoms with Crippen LogP contribution in [0.25, 0.3) is 0 Å². The number of rotatable bonds is 28. The summed E-state index contributed by atoms with van der Waals surface area (Å²) in [6, 6.07) is 12.0. The first-order valence-electron chi connectivity index (χ1n) is 20.8. The Kier molecular flexibility index (Phi) is 20.2. The van der Waals surface area contributed by atoms with E-state index in [9.17, 15) is 24.0 Å². The minimum absolute atomic E-state index is 0.0375. The van der Waals surface area contributed by atoms with Crippen LogP contribution >= 0.6 is 11.6 Å². The van der Waals surface area contributed by atoms with Crippen LogP contribution in [-0.2, 0) is 59.7 Å². The predicted octanol–water partition coefficient (Wildman–Crippen LogP) is 5.18.